The Labute approximate surface area is 144 Å². The van der Waals surface area contributed by atoms with E-state index in [1.807, 2.05) is 12.2 Å². The molecule has 136 valence electrons. The average molecular weight is 351 g/mol. The lowest BCUT2D eigenvalue weighted by molar-refractivity contribution is -0.123. The van der Waals surface area contributed by atoms with Gasteiger partial charge in [-0.25, -0.2) is 9.59 Å². The number of primary amides is 1. The Balaban J connectivity index is 2.49. The molecule has 0 fully saturated rings. The van der Waals surface area contributed by atoms with Crippen molar-refractivity contribution in [3.8, 4) is 5.75 Å². The van der Waals surface area contributed by atoms with Crippen LogP contribution in [0.2, 0.25) is 0 Å². The fourth-order valence-corrected chi connectivity index (χ4v) is 1.70. The molecule has 9 nitrogen and oxygen atoms in total. The molecule has 1 aromatic rings. The first kappa shape index (κ1) is 19.9. The molecule has 0 aliphatic carbocycles. The van der Waals surface area contributed by atoms with Gasteiger partial charge >= 0.3 is 12.0 Å². The first-order valence-corrected chi connectivity index (χ1v) is 7.69. The highest BCUT2D eigenvalue weighted by Gasteiger charge is 2.16. The smallest absolute Gasteiger partial charge is 0.342 e. The molecule has 0 aliphatic heterocycles. The summed E-state index contributed by atoms with van der Waals surface area (Å²) < 4.78 is 9.94. The van der Waals surface area contributed by atoms with Crippen molar-refractivity contribution in [2.45, 2.75) is 19.8 Å². The van der Waals surface area contributed by atoms with E-state index in [0.717, 1.165) is 12.8 Å². The van der Waals surface area contributed by atoms with Gasteiger partial charge in [0.1, 0.15) is 11.3 Å². The molecule has 0 saturated heterocycles. The molecule has 4 N–H and O–H groups in total. The summed E-state index contributed by atoms with van der Waals surface area (Å²) in [5.41, 5.74) is 5.02. The van der Waals surface area contributed by atoms with Crippen LogP contribution >= 0.6 is 0 Å². The van der Waals surface area contributed by atoms with Crippen molar-refractivity contribution in [2.24, 2.45) is 5.73 Å². The summed E-state index contributed by atoms with van der Waals surface area (Å²) in [7, 11) is 0. The second-order valence-corrected chi connectivity index (χ2v) is 4.98. The van der Waals surface area contributed by atoms with Gasteiger partial charge in [0.2, 0.25) is 0 Å². The number of nitrogens with one attached hydrogen (secondary N) is 2. The molecular formula is C16H21N3O6. The second-order valence-electron chi connectivity index (χ2n) is 4.98. The molecule has 1 aromatic carbocycles. The van der Waals surface area contributed by atoms with Crippen LogP contribution in [0.25, 0.3) is 0 Å². The van der Waals surface area contributed by atoms with Crippen molar-refractivity contribution >= 4 is 23.8 Å². The molecular weight excluding hydrogens is 330 g/mol. The molecule has 0 radical (unpaired) electrons. The van der Waals surface area contributed by atoms with E-state index >= 15 is 0 Å². The zero-order valence-corrected chi connectivity index (χ0v) is 13.9. The van der Waals surface area contributed by atoms with Crippen LogP contribution < -0.4 is 21.1 Å². The SMILES string of the molecule is CCCCNC(=O)NC(=O)COC(=O)c1ccccc1OCC(N)=O. The molecule has 0 atom stereocenters. The van der Waals surface area contributed by atoms with Gasteiger partial charge in [-0.05, 0) is 18.6 Å². The van der Waals surface area contributed by atoms with Crippen LogP contribution in [0.1, 0.15) is 30.1 Å². The van der Waals surface area contributed by atoms with Gasteiger partial charge in [-0.1, -0.05) is 25.5 Å². The second kappa shape index (κ2) is 10.6. The molecule has 4 amide bonds. The number of esters is 1. The van der Waals surface area contributed by atoms with Crippen molar-refractivity contribution in [3.05, 3.63) is 29.8 Å². The molecule has 0 heterocycles. The maximum absolute atomic E-state index is 12.0. The van der Waals surface area contributed by atoms with Crippen LogP contribution in [0, 0.1) is 0 Å². The molecule has 0 aliphatic rings. The number of unbranched alkanes of at least 4 members (excludes halogenated alkanes) is 1. The first-order valence-electron chi connectivity index (χ1n) is 7.69. The molecule has 25 heavy (non-hydrogen) atoms. The van der Waals surface area contributed by atoms with Gasteiger partial charge in [-0.2, -0.15) is 0 Å². The number of amides is 4. The summed E-state index contributed by atoms with van der Waals surface area (Å²) in [4.78, 5) is 45.7. The maximum Gasteiger partial charge on any atom is 0.342 e. The van der Waals surface area contributed by atoms with Crippen LogP contribution in [0.4, 0.5) is 4.79 Å². The summed E-state index contributed by atoms with van der Waals surface area (Å²) >= 11 is 0. The molecule has 0 bridgehead atoms. The number of imide groups is 1. The predicted octanol–water partition coefficient (Wildman–Crippen LogP) is 0.333. The van der Waals surface area contributed by atoms with Crippen molar-refractivity contribution in [1.29, 1.82) is 0 Å². The number of hydrogen-bond acceptors (Lipinski definition) is 6. The van der Waals surface area contributed by atoms with E-state index in [1.165, 1.54) is 12.1 Å². The Morgan fingerprint density at radius 3 is 2.52 bits per heavy atom. The number of para-hydroxylation sites is 1. The molecule has 0 spiro atoms. The first-order chi connectivity index (χ1) is 11.9. The number of benzene rings is 1. The molecule has 1 rings (SSSR count). The normalized spacial score (nSPS) is 9.80. The fraction of sp³-hybridized carbons (Fsp3) is 0.375. The largest absolute Gasteiger partial charge is 0.483 e. The highest BCUT2D eigenvalue weighted by molar-refractivity contribution is 5.97. The Morgan fingerprint density at radius 1 is 1.12 bits per heavy atom. The van der Waals surface area contributed by atoms with Crippen molar-refractivity contribution in [1.82, 2.24) is 10.6 Å². The molecule has 0 unspecified atom stereocenters. The summed E-state index contributed by atoms with van der Waals surface area (Å²) in [5, 5.41) is 4.54. The summed E-state index contributed by atoms with van der Waals surface area (Å²) in [5.74, 6) is -2.19. The minimum atomic E-state index is -0.832. The van der Waals surface area contributed by atoms with Gasteiger partial charge in [-0.3, -0.25) is 14.9 Å². The minimum absolute atomic E-state index is 0.0314. The predicted molar refractivity (Wildman–Crippen MR) is 87.9 cm³/mol. The van der Waals surface area contributed by atoms with Crippen LogP contribution in [-0.4, -0.2) is 43.6 Å². The van der Waals surface area contributed by atoms with Gasteiger partial charge in [-0.15, -0.1) is 0 Å². The summed E-state index contributed by atoms with van der Waals surface area (Å²) in [6.07, 6.45) is 1.70. The van der Waals surface area contributed by atoms with E-state index < -0.39 is 37.0 Å². The Hall–Kier alpha value is -3.10. The number of rotatable bonds is 9. The number of hydrogen-bond donors (Lipinski definition) is 3. The third-order valence-corrected chi connectivity index (χ3v) is 2.88. The lowest BCUT2D eigenvalue weighted by Gasteiger charge is -2.10. The Morgan fingerprint density at radius 2 is 1.84 bits per heavy atom. The van der Waals surface area contributed by atoms with E-state index in [4.69, 9.17) is 15.2 Å². The average Bonchev–Trinajstić information content (AvgIpc) is 2.58. The zero-order valence-electron chi connectivity index (χ0n) is 13.9. The van der Waals surface area contributed by atoms with E-state index in [9.17, 15) is 19.2 Å². The van der Waals surface area contributed by atoms with Crippen LogP contribution in [0.15, 0.2) is 24.3 Å². The number of carbonyl (C=O) groups is 4. The highest BCUT2D eigenvalue weighted by Crippen LogP contribution is 2.18. The van der Waals surface area contributed by atoms with Crippen molar-refractivity contribution in [3.63, 3.8) is 0 Å². The van der Waals surface area contributed by atoms with Gasteiger partial charge in [0, 0.05) is 6.54 Å². The van der Waals surface area contributed by atoms with E-state index in [1.54, 1.807) is 12.1 Å². The van der Waals surface area contributed by atoms with E-state index in [-0.39, 0.29) is 11.3 Å². The monoisotopic (exact) mass is 351 g/mol. The third-order valence-electron chi connectivity index (χ3n) is 2.88. The fourth-order valence-electron chi connectivity index (χ4n) is 1.70. The van der Waals surface area contributed by atoms with Crippen LogP contribution in [-0.2, 0) is 14.3 Å². The van der Waals surface area contributed by atoms with Crippen LogP contribution in [0.3, 0.4) is 0 Å². The highest BCUT2D eigenvalue weighted by atomic mass is 16.5. The van der Waals surface area contributed by atoms with Gasteiger partial charge in [0.15, 0.2) is 13.2 Å². The lowest BCUT2D eigenvalue weighted by atomic mass is 10.2. The van der Waals surface area contributed by atoms with E-state index in [0.29, 0.717) is 6.54 Å². The van der Waals surface area contributed by atoms with Gasteiger partial charge in [0.05, 0.1) is 0 Å². The summed E-state index contributed by atoms with van der Waals surface area (Å²) in [6.45, 7) is 1.38. The summed E-state index contributed by atoms with van der Waals surface area (Å²) in [6, 6.07) is 5.38. The molecule has 0 aromatic heterocycles. The topological polar surface area (TPSA) is 137 Å². The zero-order chi connectivity index (χ0) is 18.7. The van der Waals surface area contributed by atoms with Crippen molar-refractivity contribution < 1.29 is 28.7 Å². The van der Waals surface area contributed by atoms with Gasteiger partial charge in [0.25, 0.3) is 11.8 Å². The van der Waals surface area contributed by atoms with Gasteiger partial charge < -0.3 is 20.5 Å². The minimum Gasteiger partial charge on any atom is -0.483 e. The standard InChI is InChI=1S/C16H21N3O6/c1-2-3-8-18-16(23)19-14(21)10-25-15(22)11-6-4-5-7-12(11)24-9-13(17)20/h4-7H,2-3,8-10H2,1H3,(H2,17,20)(H2,18,19,21,23). The molecule has 0 saturated carbocycles. The Bertz CT molecular complexity index is 632. The Kier molecular flexibility index (Phi) is 8.48. The van der Waals surface area contributed by atoms with Crippen molar-refractivity contribution in [2.75, 3.05) is 19.8 Å². The number of nitrogens with two attached hydrogens (primary N) is 1. The number of carbonyl (C=O) groups excluding carboxylic acids is 4. The lowest BCUT2D eigenvalue weighted by Crippen LogP contribution is -2.41. The molecule has 9 heteroatoms. The van der Waals surface area contributed by atoms with E-state index in [2.05, 4.69) is 5.32 Å². The third kappa shape index (κ3) is 7.82. The van der Waals surface area contributed by atoms with Crippen LogP contribution in [0.5, 0.6) is 5.75 Å². The number of ether oxygens (including phenoxy) is 2. The maximum atomic E-state index is 12.0. The quantitative estimate of drug-likeness (QED) is 0.433. The number of urea groups is 1.